The third-order valence-electron chi connectivity index (χ3n) is 3.11. The van der Waals surface area contributed by atoms with Gasteiger partial charge in [0.1, 0.15) is 0 Å². The Bertz CT molecular complexity index is 360. The zero-order valence-corrected chi connectivity index (χ0v) is 12.9. The first kappa shape index (κ1) is 15.2. The van der Waals surface area contributed by atoms with Gasteiger partial charge in [-0.25, -0.2) is 0 Å². The van der Waals surface area contributed by atoms with Crippen LogP contribution in [0.5, 0.6) is 0 Å². The molecule has 1 N–H and O–H groups in total. The van der Waals surface area contributed by atoms with Crippen LogP contribution in [0.4, 0.5) is 0 Å². The first-order valence-corrected chi connectivity index (χ1v) is 7.16. The lowest BCUT2D eigenvalue weighted by atomic mass is 10.0. The number of hydrogen-bond acceptors (Lipinski definition) is 2. The number of hydrogen-bond donors (Lipinski definition) is 1. The van der Waals surface area contributed by atoms with Crippen molar-refractivity contribution in [1.82, 2.24) is 15.1 Å². The van der Waals surface area contributed by atoms with E-state index in [0.717, 1.165) is 25.9 Å². The monoisotopic (exact) mass is 251 g/mol. The highest BCUT2D eigenvalue weighted by atomic mass is 15.3. The van der Waals surface area contributed by atoms with Gasteiger partial charge in [-0.3, -0.25) is 4.68 Å². The van der Waals surface area contributed by atoms with E-state index in [2.05, 4.69) is 62.7 Å². The van der Waals surface area contributed by atoms with Crippen molar-refractivity contribution in [3.05, 3.63) is 17.5 Å². The Kier molecular flexibility index (Phi) is 5.39. The molecule has 1 heterocycles. The molecule has 0 aliphatic rings. The lowest BCUT2D eigenvalue weighted by molar-refractivity contribution is 0.377. The van der Waals surface area contributed by atoms with Crippen molar-refractivity contribution in [2.24, 2.45) is 5.92 Å². The smallest absolute Gasteiger partial charge is 0.0624 e. The topological polar surface area (TPSA) is 29.9 Å². The maximum Gasteiger partial charge on any atom is 0.0624 e. The minimum absolute atomic E-state index is 0.202. The fraction of sp³-hybridized carbons (Fsp3) is 0.800. The molecule has 0 aromatic carbocycles. The number of aryl methyl sites for hydroxylation is 2. The second kappa shape index (κ2) is 6.37. The lowest BCUT2D eigenvalue weighted by Crippen LogP contribution is -2.39. The Morgan fingerprint density at radius 2 is 2.00 bits per heavy atom. The van der Waals surface area contributed by atoms with Crippen LogP contribution in [0.3, 0.4) is 0 Å². The first-order valence-electron chi connectivity index (χ1n) is 7.16. The van der Waals surface area contributed by atoms with Gasteiger partial charge in [0.2, 0.25) is 0 Å². The highest BCUT2D eigenvalue weighted by Crippen LogP contribution is 2.12. The summed E-state index contributed by atoms with van der Waals surface area (Å²) in [5, 5.41) is 8.18. The van der Waals surface area contributed by atoms with Crippen LogP contribution in [0.2, 0.25) is 0 Å². The summed E-state index contributed by atoms with van der Waals surface area (Å²) >= 11 is 0. The molecule has 18 heavy (non-hydrogen) atoms. The molecule has 1 rings (SSSR count). The second-order valence-electron chi connectivity index (χ2n) is 6.24. The zero-order chi connectivity index (χ0) is 13.8. The third-order valence-corrected chi connectivity index (χ3v) is 3.11. The fourth-order valence-corrected chi connectivity index (χ4v) is 2.04. The third kappa shape index (κ3) is 4.81. The summed E-state index contributed by atoms with van der Waals surface area (Å²) in [6.45, 7) is 15.3. The van der Waals surface area contributed by atoms with Gasteiger partial charge in [0.25, 0.3) is 0 Å². The summed E-state index contributed by atoms with van der Waals surface area (Å²) < 4.78 is 2.15. The zero-order valence-electron chi connectivity index (χ0n) is 12.9. The van der Waals surface area contributed by atoms with Gasteiger partial charge in [0, 0.05) is 17.8 Å². The largest absolute Gasteiger partial charge is 0.312 e. The second-order valence-corrected chi connectivity index (χ2v) is 6.24. The average Bonchev–Trinajstić information content (AvgIpc) is 2.68. The molecule has 3 nitrogen and oxygen atoms in total. The van der Waals surface area contributed by atoms with E-state index in [1.807, 2.05) is 0 Å². The van der Waals surface area contributed by atoms with Crippen molar-refractivity contribution in [3.8, 4) is 0 Å². The SMILES string of the molecule is CCc1cc(CC(C)CNC(C)(C)C)n(CC)n1. The molecule has 0 spiro atoms. The molecule has 0 saturated carbocycles. The van der Waals surface area contributed by atoms with Crippen molar-refractivity contribution >= 4 is 0 Å². The number of nitrogens with zero attached hydrogens (tertiary/aromatic N) is 2. The predicted octanol–water partition coefficient (Wildman–Crippen LogP) is 3.03. The van der Waals surface area contributed by atoms with Crippen LogP contribution in [0.15, 0.2) is 6.07 Å². The minimum Gasteiger partial charge on any atom is -0.312 e. The van der Waals surface area contributed by atoms with E-state index in [-0.39, 0.29) is 5.54 Å². The number of nitrogens with one attached hydrogen (secondary N) is 1. The normalized spacial score (nSPS) is 13.9. The van der Waals surface area contributed by atoms with Crippen LogP contribution in [0.1, 0.15) is 52.9 Å². The van der Waals surface area contributed by atoms with Gasteiger partial charge in [0.05, 0.1) is 5.69 Å². The van der Waals surface area contributed by atoms with Crippen molar-refractivity contribution < 1.29 is 0 Å². The van der Waals surface area contributed by atoms with Gasteiger partial charge in [-0.05, 0) is 59.1 Å². The van der Waals surface area contributed by atoms with E-state index in [1.54, 1.807) is 0 Å². The molecular formula is C15H29N3. The Morgan fingerprint density at radius 1 is 1.33 bits per heavy atom. The van der Waals surface area contributed by atoms with E-state index in [4.69, 9.17) is 0 Å². The summed E-state index contributed by atoms with van der Waals surface area (Å²) in [6.07, 6.45) is 2.12. The van der Waals surface area contributed by atoms with Gasteiger partial charge in [-0.1, -0.05) is 13.8 Å². The predicted molar refractivity (Wildman–Crippen MR) is 77.9 cm³/mol. The molecule has 0 bridgehead atoms. The molecule has 104 valence electrons. The summed E-state index contributed by atoms with van der Waals surface area (Å²) in [5.74, 6) is 0.635. The first-order chi connectivity index (χ1) is 8.35. The minimum atomic E-state index is 0.202. The van der Waals surface area contributed by atoms with Crippen LogP contribution in [-0.2, 0) is 19.4 Å². The van der Waals surface area contributed by atoms with E-state index in [1.165, 1.54) is 11.4 Å². The quantitative estimate of drug-likeness (QED) is 0.842. The van der Waals surface area contributed by atoms with Crippen molar-refractivity contribution in [1.29, 1.82) is 0 Å². The summed E-state index contributed by atoms with van der Waals surface area (Å²) in [6, 6.07) is 2.26. The standard InChI is InChI=1S/C15H29N3/c1-7-13-10-14(18(8-2)17-13)9-12(3)11-16-15(4,5)6/h10,12,16H,7-9,11H2,1-6H3. The highest BCUT2D eigenvalue weighted by molar-refractivity contribution is 5.11. The molecule has 0 amide bonds. The molecular weight excluding hydrogens is 222 g/mol. The molecule has 0 aliphatic heterocycles. The Labute approximate surface area is 112 Å². The molecule has 1 atom stereocenters. The Hall–Kier alpha value is -0.830. The molecule has 0 aliphatic carbocycles. The van der Waals surface area contributed by atoms with Crippen LogP contribution >= 0.6 is 0 Å². The maximum atomic E-state index is 4.61. The maximum absolute atomic E-state index is 4.61. The lowest BCUT2D eigenvalue weighted by Gasteiger charge is -2.23. The average molecular weight is 251 g/mol. The van der Waals surface area contributed by atoms with Crippen LogP contribution in [0, 0.1) is 5.92 Å². The summed E-state index contributed by atoms with van der Waals surface area (Å²) in [4.78, 5) is 0. The Morgan fingerprint density at radius 3 is 2.50 bits per heavy atom. The fourth-order valence-electron chi connectivity index (χ4n) is 2.04. The van der Waals surface area contributed by atoms with E-state index < -0.39 is 0 Å². The Balaban J connectivity index is 2.58. The number of aromatic nitrogens is 2. The number of rotatable bonds is 6. The van der Waals surface area contributed by atoms with Crippen LogP contribution in [-0.4, -0.2) is 21.9 Å². The molecule has 1 unspecified atom stereocenters. The van der Waals surface area contributed by atoms with Gasteiger partial charge < -0.3 is 5.32 Å². The van der Waals surface area contributed by atoms with Gasteiger partial charge in [-0.2, -0.15) is 5.10 Å². The molecule has 3 heteroatoms. The van der Waals surface area contributed by atoms with Gasteiger partial charge in [-0.15, -0.1) is 0 Å². The van der Waals surface area contributed by atoms with Gasteiger partial charge in [0.15, 0.2) is 0 Å². The van der Waals surface area contributed by atoms with E-state index in [0.29, 0.717) is 5.92 Å². The summed E-state index contributed by atoms with van der Waals surface area (Å²) in [7, 11) is 0. The molecule has 0 saturated heterocycles. The van der Waals surface area contributed by atoms with Crippen molar-refractivity contribution in [2.45, 2.75) is 66.5 Å². The van der Waals surface area contributed by atoms with Crippen molar-refractivity contribution in [3.63, 3.8) is 0 Å². The highest BCUT2D eigenvalue weighted by Gasteiger charge is 2.13. The molecule has 1 aromatic rings. The van der Waals surface area contributed by atoms with Crippen LogP contribution in [0.25, 0.3) is 0 Å². The molecule has 0 fully saturated rings. The van der Waals surface area contributed by atoms with E-state index in [9.17, 15) is 0 Å². The van der Waals surface area contributed by atoms with Gasteiger partial charge >= 0.3 is 0 Å². The molecule has 1 aromatic heterocycles. The van der Waals surface area contributed by atoms with Crippen molar-refractivity contribution in [2.75, 3.05) is 6.54 Å². The van der Waals surface area contributed by atoms with Crippen LogP contribution < -0.4 is 5.32 Å². The molecule has 0 radical (unpaired) electrons. The van der Waals surface area contributed by atoms with E-state index >= 15 is 0 Å². The summed E-state index contributed by atoms with van der Waals surface area (Å²) in [5.41, 5.74) is 2.79.